The number of hydrogen-bond donors (Lipinski definition) is 0. The molecule has 0 amide bonds. The molecule has 0 spiro atoms. The minimum absolute atomic E-state index is 0.0595. The summed E-state index contributed by atoms with van der Waals surface area (Å²) in [6, 6.07) is 16.4. The molecule has 0 aliphatic heterocycles. The number of rotatable bonds is 4. The van der Waals surface area contributed by atoms with E-state index >= 15 is 0 Å². The first kappa shape index (κ1) is 16.4. The van der Waals surface area contributed by atoms with Gasteiger partial charge in [0.15, 0.2) is 11.3 Å². The maximum Gasteiger partial charge on any atom is 0.343 e. The van der Waals surface area contributed by atoms with Gasteiger partial charge in [0.25, 0.3) is 5.69 Å². The second-order valence-corrected chi connectivity index (χ2v) is 4.49. The normalized spacial score (nSPS) is 9.25. The smallest absolute Gasteiger partial charge is 0.343 e. The molecule has 0 saturated heterocycles. The molecule has 0 radical (unpaired) electrons. The Morgan fingerprint density at radius 2 is 1.54 bits per heavy atom. The van der Waals surface area contributed by atoms with Crippen molar-refractivity contribution in [1.82, 2.24) is 0 Å². The lowest BCUT2D eigenvalue weighted by Crippen LogP contribution is -2.06. The van der Waals surface area contributed by atoms with Crippen molar-refractivity contribution >= 4 is 17.4 Å². The fraction of sp³-hybridized carbons (Fsp3) is 0. The van der Waals surface area contributed by atoms with Crippen molar-refractivity contribution in [1.29, 1.82) is 10.5 Å². The van der Waals surface area contributed by atoms with Gasteiger partial charge in [-0.05, 0) is 12.1 Å². The Bertz CT molecular complexity index is 872. The van der Waals surface area contributed by atoms with Gasteiger partial charge < -0.3 is 4.74 Å². The number of esters is 1. The van der Waals surface area contributed by atoms with E-state index in [2.05, 4.69) is 0 Å². The van der Waals surface area contributed by atoms with Gasteiger partial charge >= 0.3 is 5.97 Å². The van der Waals surface area contributed by atoms with Crippen LogP contribution in [-0.4, -0.2) is 10.9 Å². The summed E-state index contributed by atoms with van der Waals surface area (Å²) in [7, 11) is 0. The Morgan fingerprint density at radius 3 is 2.04 bits per heavy atom. The van der Waals surface area contributed by atoms with Crippen LogP contribution in [0.15, 0.2) is 60.2 Å². The van der Waals surface area contributed by atoms with Crippen LogP contribution in [0, 0.1) is 32.8 Å². The second-order valence-electron chi connectivity index (χ2n) is 4.49. The minimum Gasteiger partial charge on any atom is -0.420 e. The number of non-ortho nitro benzene ring substituents is 1. The maximum atomic E-state index is 12.2. The Balaban J connectivity index is 2.36. The molecule has 7 heteroatoms. The SMILES string of the molecule is N#CC(C#N)=C(OC(=O)c1ccc([N+](=O)[O-])cc1)c1ccccc1. The highest BCUT2D eigenvalue weighted by molar-refractivity contribution is 5.94. The predicted octanol–water partition coefficient (Wildman–Crippen LogP) is 3.21. The first-order chi connectivity index (χ1) is 11.6. The van der Waals surface area contributed by atoms with E-state index in [-0.39, 0.29) is 22.6 Å². The van der Waals surface area contributed by atoms with Crippen LogP contribution >= 0.6 is 0 Å². The Labute approximate surface area is 136 Å². The van der Waals surface area contributed by atoms with E-state index in [9.17, 15) is 14.9 Å². The molecule has 0 N–H and O–H groups in total. The van der Waals surface area contributed by atoms with Crippen LogP contribution in [0.4, 0.5) is 5.69 Å². The van der Waals surface area contributed by atoms with Gasteiger partial charge in [-0.3, -0.25) is 10.1 Å². The molecule has 7 nitrogen and oxygen atoms in total. The van der Waals surface area contributed by atoms with Crippen LogP contribution in [0.1, 0.15) is 15.9 Å². The summed E-state index contributed by atoms with van der Waals surface area (Å²) in [6.07, 6.45) is 0. The molecule has 2 aromatic rings. The van der Waals surface area contributed by atoms with Crippen molar-refractivity contribution < 1.29 is 14.5 Å². The van der Waals surface area contributed by atoms with Gasteiger partial charge in [0, 0.05) is 17.7 Å². The molecule has 0 unspecified atom stereocenters. The predicted molar refractivity (Wildman–Crippen MR) is 83.1 cm³/mol. The summed E-state index contributed by atoms with van der Waals surface area (Å²) < 4.78 is 5.19. The molecule has 0 saturated carbocycles. The van der Waals surface area contributed by atoms with E-state index in [1.807, 2.05) is 0 Å². The molecule has 0 fully saturated rings. The highest BCUT2D eigenvalue weighted by Gasteiger charge is 2.17. The number of carbonyl (C=O) groups is 1. The highest BCUT2D eigenvalue weighted by Crippen LogP contribution is 2.22. The topological polar surface area (TPSA) is 117 Å². The van der Waals surface area contributed by atoms with E-state index < -0.39 is 10.9 Å². The lowest BCUT2D eigenvalue weighted by atomic mass is 10.1. The fourth-order valence-corrected chi connectivity index (χ4v) is 1.84. The van der Waals surface area contributed by atoms with Crippen molar-refractivity contribution in [2.24, 2.45) is 0 Å². The molecule has 2 aromatic carbocycles. The summed E-state index contributed by atoms with van der Waals surface area (Å²) in [5.41, 5.74) is -0.0632. The lowest BCUT2D eigenvalue weighted by molar-refractivity contribution is -0.384. The molecular formula is C17H9N3O4. The zero-order chi connectivity index (χ0) is 17.5. The number of nitro groups is 1. The van der Waals surface area contributed by atoms with E-state index in [0.717, 1.165) is 12.1 Å². The van der Waals surface area contributed by atoms with Gasteiger partial charge in [-0.2, -0.15) is 10.5 Å². The zero-order valence-electron chi connectivity index (χ0n) is 12.2. The summed E-state index contributed by atoms with van der Waals surface area (Å²) in [5.74, 6) is -0.990. The molecule has 0 bridgehead atoms. The van der Waals surface area contributed by atoms with E-state index in [4.69, 9.17) is 15.3 Å². The van der Waals surface area contributed by atoms with Crippen LogP contribution in [0.5, 0.6) is 0 Å². The van der Waals surface area contributed by atoms with Crippen molar-refractivity contribution in [2.45, 2.75) is 0 Å². The summed E-state index contributed by atoms with van der Waals surface area (Å²) >= 11 is 0. The van der Waals surface area contributed by atoms with Gasteiger partial charge in [-0.1, -0.05) is 30.3 Å². The number of nitrogens with zero attached hydrogens (tertiary/aromatic N) is 3. The van der Waals surface area contributed by atoms with E-state index in [1.165, 1.54) is 12.1 Å². The number of nitriles is 2. The van der Waals surface area contributed by atoms with Crippen LogP contribution < -0.4 is 0 Å². The molecule has 2 rings (SSSR count). The number of hydrogen-bond acceptors (Lipinski definition) is 6. The van der Waals surface area contributed by atoms with Crippen molar-refractivity contribution in [2.75, 3.05) is 0 Å². The number of nitro benzene ring substituents is 1. The molecule has 0 aliphatic carbocycles. The third kappa shape index (κ3) is 3.62. The largest absolute Gasteiger partial charge is 0.420 e. The quantitative estimate of drug-likeness (QED) is 0.281. The van der Waals surface area contributed by atoms with Crippen LogP contribution in [0.2, 0.25) is 0 Å². The molecule has 24 heavy (non-hydrogen) atoms. The molecule has 0 aromatic heterocycles. The zero-order valence-corrected chi connectivity index (χ0v) is 12.2. The molecule has 0 heterocycles. The van der Waals surface area contributed by atoms with Gasteiger partial charge in [-0.15, -0.1) is 0 Å². The van der Waals surface area contributed by atoms with Crippen LogP contribution in [0.3, 0.4) is 0 Å². The fourth-order valence-electron chi connectivity index (χ4n) is 1.84. The van der Waals surface area contributed by atoms with Crippen molar-refractivity contribution in [3.63, 3.8) is 0 Å². The maximum absolute atomic E-state index is 12.2. The third-order valence-corrected chi connectivity index (χ3v) is 3.00. The van der Waals surface area contributed by atoms with Crippen LogP contribution in [0.25, 0.3) is 5.76 Å². The highest BCUT2D eigenvalue weighted by atomic mass is 16.6. The van der Waals surface area contributed by atoms with Crippen molar-refractivity contribution in [3.05, 3.63) is 81.4 Å². The number of ether oxygens (including phenoxy) is 1. The average Bonchev–Trinajstić information content (AvgIpc) is 2.62. The summed E-state index contributed by atoms with van der Waals surface area (Å²) in [5, 5.41) is 28.7. The lowest BCUT2D eigenvalue weighted by Gasteiger charge is -2.09. The molecule has 116 valence electrons. The molecule has 0 aliphatic rings. The Morgan fingerprint density at radius 1 is 0.958 bits per heavy atom. The first-order valence-corrected chi connectivity index (χ1v) is 6.63. The Kier molecular flexibility index (Phi) is 5.02. The van der Waals surface area contributed by atoms with E-state index in [1.54, 1.807) is 42.5 Å². The van der Waals surface area contributed by atoms with Crippen LogP contribution in [-0.2, 0) is 4.74 Å². The van der Waals surface area contributed by atoms with Gasteiger partial charge in [0.1, 0.15) is 12.1 Å². The molecule has 0 atom stereocenters. The van der Waals surface area contributed by atoms with Gasteiger partial charge in [-0.25, -0.2) is 4.79 Å². The molecular weight excluding hydrogens is 310 g/mol. The second kappa shape index (κ2) is 7.34. The summed E-state index contributed by atoms with van der Waals surface area (Å²) in [4.78, 5) is 22.2. The average molecular weight is 319 g/mol. The monoisotopic (exact) mass is 319 g/mol. The number of carbonyl (C=O) groups excluding carboxylic acids is 1. The third-order valence-electron chi connectivity index (χ3n) is 3.00. The van der Waals surface area contributed by atoms with Crippen molar-refractivity contribution in [3.8, 4) is 12.1 Å². The van der Waals surface area contributed by atoms with E-state index in [0.29, 0.717) is 5.56 Å². The van der Waals surface area contributed by atoms with Gasteiger partial charge in [0.05, 0.1) is 10.5 Å². The number of allylic oxidation sites excluding steroid dienone is 1. The van der Waals surface area contributed by atoms with Gasteiger partial charge in [0.2, 0.25) is 0 Å². The first-order valence-electron chi connectivity index (χ1n) is 6.63. The summed E-state index contributed by atoms with van der Waals surface area (Å²) in [6.45, 7) is 0. The standard InChI is InChI=1S/C17H9N3O4/c18-10-14(11-19)16(12-4-2-1-3-5-12)24-17(21)13-6-8-15(9-7-13)20(22)23/h1-9H. The number of benzene rings is 2. The Hall–Kier alpha value is -3.97. The minimum atomic E-state index is -0.827.